The zero-order valence-corrected chi connectivity index (χ0v) is 25.2. The van der Waals surface area contributed by atoms with Crippen LogP contribution < -0.4 is 10.2 Å². The van der Waals surface area contributed by atoms with Gasteiger partial charge in [0.25, 0.3) is 0 Å². The summed E-state index contributed by atoms with van der Waals surface area (Å²) >= 11 is 0. The summed E-state index contributed by atoms with van der Waals surface area (Å²) in [5.74, 6) is -0.987. The summed E-state index contributed by atoms with van der Waals surface area (Å²) in [6, 6.07) is 8.27. The number of anilines is 1. The number of hydrogen-bond acceptors (Lipinski definition) is 6. The Bertz CT molecular complexity index is 1900. The summed E-state index contributed by atoms with van der Waals surface area (Å²) in [4.78, 5) is 25.9. The van der Waals surface area contributed by atoms with Gasteiger partial charge >= 0.3 is 12.2 Å². The number of rotatable bonds is 6. The Kier molecular flexibility index (Phi) is 7.71. The smallest absolute Gasteiger partial charge is 0.351 e. The molecule has 2 N–H and O–H groups in total. The van der Waals surface area contributed by atoms with Gasteiger partial charge in [0.2, 0.25) is 0 Å². The molecule has 10 nitrogen and oxygen atoms in total. The van der Waals surface area contributed by atoms with E-state index in [2.05, 4.69) is 31.4 Å². The van der Waals surface area contributed by atoms with Crippen LogP contribution in [-0.2, 0) is 11.7 Å². The molecule has 0 aliphatic carbocycles. The lowest BCUT2D eigenvalue weighted by atomic mass is 9.83. The molecule has 0 radical (unpaired) electrons. The van der Waals surface area contributed by atoms with Crippen molar-refractivity contribution >= 4 is 22.8 Å². The summed E-state index contributed by atoms with van der Waals surface area (Å²) in [6.45, 7) is 1.54. The van der Waals surface area contributed by atoms with Gasteiger partial charge < -0.3 is 15.2 Å². The van der Waals surface area contributed by atoms with Gasteiger partial charge in [-0.2, -0.15) is 23.5 Å². The minimum absolute atomic E-state index is 0.0929. The van der Waals surface area contributed by atoms with Gasteiger partial charge in [-0.1, -0.05) is 12.2 Å². The van der Waals surface area contributed by atoms with E-state index in [-0.39, 0.29) is 24.7 Å². The number of aromatic nitrogens is 4. The molecule has 3 aliphatic heterocycles. The Morgan fingerprint density at radius 1 is 1.19 bits per heavy atom. The van der Waals surface area contributed by atoms with E-state index < -0.39 is 35.3 Å². The molecule has 6 heterocycles. The number of nitrogens with one attached hydrogen (secondary N) is 2. The van der Waals surface area contributed by atoms with Gasteiger partial charge in [0, 0.05) is 74.4 Å². The van der Waals surface area contributed by atoms with Crippen LogP contribution in [0, 0.1) is 17.1 Å². The number of H-pyrrole nitrogens is 1. The number of fused-ring (bicyclic) bond motifs is 1. The number of halogens is 4. The Morgan fingerprint density at radius 3 is 2.81 bits per heavy atom. The summed E-state index contributed by atoms with van der Waals surface area (Å²) in [5.41, 5.74) is 0.767. The number of urea groups is 1. The van der Waals surface area contributed by atoms with E-state index in [0.29, 0.717) is 38.5 Å². The van der Waals surface area contributed by atoms with Gasteiger partial charge in [0.05, 0.1) is 29.9 Å². The molecule has 0 spiro atoms. The van der Waals surface area contributed by atoms with Crippen molar-refractivity contribution < 1.29 is 22.4 Å². The number of likely N-dealkylation sites (tertiary alicyclic amines) is 1. The van der Waals surface area contributed by atoms with Crippen LogP contribution in [0.2, 0.25) is 0 Å². The fraction of sp³-hybridized carbons (Fsp3) is 0.333. The van der Waals surface area contributed by atoms with Crippen LogP contribution in [0.5, 0.6) is 0 Å². The fourth-order valence-electron chi connectivity index (χ4n) is 6.92. The first-order chi connectivity index (χ1) is 22.6. The van der Waals surface area contributed by atoms with Crippen LogP contribution in [0.25, 0.3) is 22.2 Å². The van der Waals surface area contributed by atoms with Crippen LogP contribution in [0.1, 0.15) is 24.8 Å². The first kappa shape index (κ1) is 30.5. The number of aromatic amines is 1. The molecule has 2 saturated heterocycles. The normalized spacial score (nSPS) is 21.1. The van der Waals surface area contributed by atoms with Gasteiger partial charge in [-0.15, -0.1) is 0 Å². The van der Waals surface area contributed by atoms with Crippen LogP contribution in [-0.4, -0.2) is 74.0 Å². The highest BCUT2D eigenvalue weighted by Crippen LogP contribution is 2.42. The Balaban J connectivity index is 1.13. The molecule has 3 aliphatic rings. The van der Waals surface area contributed by atoms with Crippen molar-refractivity contribution in [2.45, 2.75) is 43.2 Å². The van der Waals surface area contributed by atoms with Crippen molar-refractivity contribution in [2.24, 2.45) is 0 Å². The minimum atomic E-state index is -4.79. The van der Waals surface area contributed by atoms with Gasteiger partial charge in [-0.25, -0.2) is 14.2 Å². The number of hydrogen-bond donors (Lipinski definition) is 2. The maximum absolute atomic E-state index is 14.1. The van der Waals surface area contributed by atoms with E-state index >= 15 is 0 Å². The molecule has 47 heavy (non-hydrogen) atoms. The average molecular weight is 646 g/mol. The zero-order chi connectivity index (χ0) is 32.8. The highest BCUT2D eigenvalue weighted by atomic mass is 19.4. The second-order valence-electron chi connectivity index (χ2n) is 12.2. The predicted octanol–water partition coefficient (Wildman–Crippen LogP) is 5.60. The fourth-order valence-corrected chi connectivity index (χ4v) is 6.92. The van der Waals surface area contributed by atoms with E-state index in [1.54, 1.807) is 36.8 Å². The number of alkyl halides is 3. The standard InChI is InChI=1S/C33H31F4N9O/c34-23-4-5-28(27(16-23)33(35,36)37)45-15-8-24(17-29(45)42-31(47)43-13-2-1-3-14-43)44-20-32(21-44,9-10-38)46-19-22(18-41-46)25-6-11-39-30-26(25)7-12-40-30/h1-7,11-13,16,18-19,24,29H,8-9,14-15,17,20-21H2,(H,39,40)(H,42,47). The molecule has 1 aromatic carbocycles. The molecule has 242 valence electrons. The lowest BCUT2D eigenvalue weighted by molar-refractivity contribution is -0.137. The predicted molar refractivity (Wildman–Crippen MR) is 166 cm³/mol. The molecule has 3 aromatic heterocycles. The van der Waals surface area contributed by atoms with Crippen LogP contribution in [0.15, 0.2) is 79.5 Å². The summed E-state index contributed by atoms with van der Waals surface area (Å²) in [6.07, 6.45) is 9.65. The second kappa shape index (κ2) is 11.9. The average Bonchev–Trinajstić information content (AvgIpc) is 3.73. The van der Waals surface area contributed by atoms with Crippen LogP contribution in [0.4, 0.5) is 28.0 Å². The Labute approximate surface area is 267 Å². The van der Waals surface area contributed by atoms with Crippen LogP contribution in [0.3, 0.4) is 0 Å². The number of carbonyl (C=O) groups is 1. The monoisotopic (exact) mass is 645 g/mol. The molecule has 2 unspecified atom stereocenters. The lowest BCUT2D eigenvalue weighted by Crippen LogP contribution is -2.68. The molecule has 2 atom stereocenters. The number of allylic oxidation sites excluding steroid dienone is 2. The molecular weight excluding hydrogens is 614 g/mol. The van der Waals surface area contributed by atoms with E-state index in [1.165, 1.54) is 9.80 Å². The van der Waals surface area contributed by atoms with Crippen molar-refractivity contribution in [3.8, 4) is 17.2 Å². The number of nitrogens with zero attached hydrogens (tertiary/aromatic N) is 7. The van der Waals surface area contributed by atoms with E-state index in [1.807, 2.05) is 29.2 Å². The van der Waals surface area contributed by atoms with E-state index in [0.717, 1.165) is 34.3 Å². The number of pyridine rings is 1. The molecule has 0 bridgehead atoms. The highest BCUT2D eigenvalue weighted by molar-refractivity contribution is 5.92. The van der Waals surface area contributed by atoms with Crippen molar-refractivity contribution in [1.29, 1.82) is 5.26 Å². The molecule has 4 aromatic rings. The summed E-state index contributed by atoms with van der Waals surface area (Å²) < 4.78 is 58.0. The SMILES string of the molecule is N#CCC1(n2cc(-c3ccnc4[nH]ccc34)cn2)CN(C2CCN(c3ccc(F)cc3C(F)(F)F)C(NC(=O)N3C=CC=CC3)C2)C1. The minimum Gasteiger partial charge on any atom is -0.351 e. The largest absolute Gasteiger partial charge is 0.418 e. The second-order valence-corrected chi connectivity index (χ2v) is 12.2. The lowest BCUT2D eigenvalue weighted by Gasteiger charge is -2.55. The highest BCUT2D eigenvalue weighted by Gasteiger charge is 2.49. The summed E-state index contributed by atoms with van der Waals surface area (Å²) in [7, 11) is 0. The summed E-state index contributed by atoms with van der Waals surface area (Å²) in [5, 5.41) is 18.3. The molecule has 7 rings (SSSR count). The van der Waals surface area contributed by atoms with Crippen molar-refractivity contribution in [3.05, 3.63) is 90.9 Å². The number of benzene rings is 1. The van der Waals surface area contributed by atoms with Gasteiger partial charge in [-0.3, -0.25) is 14.5 Å². The van der Waals surface area contributed by atoms with Crippen LogP contribution >= 0.6 is 0 Å². The maximum atomic E-state index is 14.1. The van der Waals surface area contributed by atoms with Gasteiger partial charge in [-0.05, 0) is 48.4 Å². The molecule has 2 fully saturated rings. The maximum Gasteiger partial charge on any atom is 0.418 e. The van der Waals surface area contributed by atoms with E-state index in [9.17, 15) is 27.6 Å². The molecule has 2 amide bonds. The third-order valence-corrected chi connectivity index (χ3v) is 9.27. The van der Waals surface area contributed by atoms with Crippen molar-refractivity contribution in [1.82, 2.24) is 34.9 Å². The number of carbonyl (C=O) groups excluding carboxylic acids is 1. The number of piperidine rings is 1. The zero-order valence-electron chi connectivity index (χ0n) is 25.2. The number of amides is 2. The molecular formula is C33H31F4N9O. The van der Waals surface area contributed by atoms with E-state index in [4.69, 9.17) is 0 Å². The van der Waals surface area contributed by atoms with Gasteiger partial charge in [0.15, 0.2) is 0 Å². The van der Waals surface area contributed by atoms with Crippen molar-refractivity contribution in [3.63, 3.8) is 0 Å². The van der Waals surface area contributed by atoms with Crippen molar-refractivity contribution in [2.75, 3.05) is 31.1 Å². The first-order valence-electron chi connectivity index (χ1n) is 15.3. The number of nitriles is 1. The Hall–Kier alpha value is -5.16. The quantitative estimate of drug-likeness (QED) is 0.265. The first-order valence-corrected chi connectivity index (χ1v) is 15.3. The molecule has 14 heteroatoms. The molecule has 0 saturated carbocycles. The third-order valence-electron chi connectivity index (χ3n) is 9.27. The topological polar surface area (TPSA) is 109 Å². The third kappa shape index (κ3) is 5.71. The van der Waals surface area contributed by atoms with Gasteiger partial charge in [0.1, 0.15) is 23.2 Å². The Morgan fingerprint density at radius 2 is 2.04 bits per heavy atom.